The third kappa shape index (κ3) is 4.10. The molecule has 5 atom stereocenters. The molecule has 12 nitrogen and oxygen atoms in total. The number of aliphatic hydroxyl groups excluding tert-OH is 3. The highest BCUT2D eigenvalue weighted by atomic mass is 16.7. The van der Waals surface area contributed by atoms with Crippen LogP contribution in [0.3, 0.4) is 0 Å². The third-order valence-corrected chi connectivity index (χ3v) is 5.31. The van der Waals surface area contributed by atoms with Crippen LogP contribution in [-0.2, 0) is 9.53 Å². The van der Waals surface area contributed by atoms with Crippen LogP contribution in [0.2, 0.25) is 0 Å². The minimum Gasteiger partial charge on any atom is -0.507 e. The Morgan fingerprint density at radius 3 is 2.35 bits per heavy atom. The average Bonchev–Trinajstić information content (AvgIpc) is 2.78. The second-order valence-electron chi connectivity index (χ2n) is 7.53. The fourth-order valence-corrected chi connectivity index (χ4v) is 3.58. The molecule has 1 saturated heterocycles. The van der Waals surface area contributed by atoms with Gasteiger partial charge in [0.2, 0.25) is 6.29 Å². The Kier molecular flexibility index (Phi) is 6.06. The summed E-state index contributed by atoms with van der Waals surface area (Å²) in [5, 5.41) is 59.2. The van der Waals surface area contributed by atoms with E-state index in [1.807, 2.05) is 0 Å². The first-order valence-corrected chi connectivity index (χ1v) is 9.88. The summed E-state index contributed by atoms with van der Waals surface area (Å²) in [6.45, 7) is 0. The van der Waals surface area contributed by atoms with Crippen molar-refractivity contribution in [2.75, 3.05) is 7.11 Å². The first kappa shape index (κ1) is 23.3. The van der Waals surface area contributed by atoms with Crippen LogP contribution in [0.5, 0.6) is 23.0 Å². The SMILES string of the molecule is COc1ccc(-c2cc(=O)c3c(O)cc(OC4O[C@H](C(=O)O)[C@@H](O)[C@H](O)[C@H]4O)cc3o2)cc1O. The van der Waals surface area contributed by atoms with Crippen molar-refractivity contribution in [2.24, 2.45) is 0 Å². The Bertz CT molecular complexity index is 1300. The second-order valence-corrected chi connectivity index (χ2v) is 7.53. The van der Waals surface area contributed by atoms with Crippen LogP contribution in [-0.4, -0.2) is 74.4 Å². The standard InChI is InChI=1S/C22H20O12/c1-31-13-3-2-8(4-10(13)23)14-7-12(25)16-11(24)5-9(6-15(16)33-14)32-22-19(28)17(26)18(27)20(34-22)21(29)30/h2-7,17-20,22-24,26-28H,1H3,(H,29,30)/t17-,18-,19+,20-,22?/m0/s1. The van der Waals surface area contributed by atoms with E-state index in [2.05, 4.69) is 0 Å². The molecule has 1 fully saturated rings. The number of aliphatic carboxylic acids is 1. The number of hydrogen-bond acceptors (Lipinski definition) is 11. The van der Waals surface area contributed by atoms with Gasteiger partial charge in [0.1, 0.15) is 46.5 Å². The van der Waals surface area contributed by atoms with Gasteiger partial charge in [-0.3, -0.25) is 4.79 Å². The smallest absolute Gasteiger partial charge is 0.335 e. The molecule has 0 saturated carbocycles. The van der Waals surface area contributed by atoms with Gasteiger partial charge >= 0.3 is 5.97 Å². The number of carbonyl (C=O) groups is 1. The second kappa shape index (κ2) is 8.83. The summed E-state index contributed by atoms with van der Waals surface area (Å²) in [5.41, 5.74) is -0.405. The Labute approximate surface area is 190 Å². The molecule has 0 amide bonds. The predicted octanol–water partition coefficient (Wildman–Crippen LogP) is 0.151. The quantitative estimate of drug-likeness (QED) is 0.292. The molecule has 12 heteroatoms. The summed E-state index contributed by atoms with van der Waals surface area (Å²) in [6.07, 6.45) is -9.24. The molecule has 1 aliphatic rings. The number of fused-ring (bicyclic) bond motifs is 1. The summed E-state index contributed by atoms with van der Waals surface area (Å²) in [4.78, 5) is 23.9. The number of hydrogen-bond donors (Lipinski definition) is 6. The highest BCUT2D eigenvalue weighted by Gasteiger charge is 2.48. The molecule has 180 valence electrons. The lowest BCUT2D eigenvalue weighted by atomic mass is 9.99. The maximum atomic E-state index is 12.6. The van der Waals surface area contributed by atoms with Gasteiger partial charge in [-0.15, -0.1) is 0 Å². The Morgan fingerprint density at radius 2 is 1.71 bits per heavy atom. The Hall–Kier alpha value is -3.84. The number of carboxylic acids is 1. The zero-order chi connectivity index (χ0) is 24.7. The van der Waals surface area contributed by atoms with Crippen molar-refractivity contribution in [1.29, 1.82) is 0 Å². The van der Waals surface area contributed by atoms with Crippen molar-refractivity contribution in [3.05, 3.63) is 46.6 Å². The van der Waals surface area contributed by atoms with E-state index in [1.165, 1.54) is 31.4 Å². The van der Waals surface area contributed by atoms with Crippen LogP contribution in [0.15, 0.2) is 45.6 Å². The van der Waals surface area contributed by atoms with E-state index in [0.717, 1.165) is 12.1 Å². The fraction of sp³-hybridized carbons (Fsp3) is 0.273. The zero-order valence-corrected chi connectivity index (χ0v) is 17.5. The normalized spacial score (nSPS) is 24.6. The number of ether oxygens (including phenoxy) is 3. The maximum Gasteiger partial charge on any atom is 0.335 e. The highest BCUT2D eigenvalue weighted by Crippen LogP contribution is 2.35. The van der Waals surface area contributed by atoms with Crippen LogP contribution in [0.25, 0.3) is 22.3 Å². The van der Waals surface area contributed by atoms with Gasteiger partial charge in [-0.05, 0) is 18.2 Å². The van der Waals surface area contributed by atoms with Gasteiger partial charge in [-0.2, -0.15) is 0 Å². The van der Waals surface area contributed by atoms with Crippen LogP contribution in [0.1, 0.15) is 0 Å². The van der Waals surface area contributed by atoms with Crippen LogP contribution < -0.4 is 14.9 Å². The highest BCUT2D eigenvalue weighted by molar-refractivity contribution is 5.86. The lowest BCUT2D eigenvalue weighted by Gasteiger charge is -2.38. The number of phenolic OH excluding ortho intramolecular Hbond substituents is 2. The van der Waals surface area contributed by atoms with Gasteiger partial charge in [0.15, 0.2) is 23.0 Å². The van der Waals surface area contributed by atoms with E-state index in [0.29, 0.717) is 5.56 Å². The molecule has 4 rings (SSSR count). The number of methoxy groups -OCH3 is 1. The molecule has 2 aromatic carbocycles. The summed E-state index contributed by atoms with van der Waals surface area (Å²) in [7, 11) is 1.38. The minimum absolute atomic E-state index is 0.0467. The van der Waals surface area contributed by atoms with Crippen molar-refractivity contribution in [2.45, 2.75) is 30.7 Å². The van der Waals surface area contributed by atoms with E-state index >= 15 is 0 Å². The van der Waals surface area contributed by atoms with Crippen molar-refractivity contribution < 1.29 is 54.1 Å². The van der Waals surface area contributed by atoms with Gasteiger partial charge in [0, 0.05) is 23.8 Å². The fourth-order valence-electron chi connectivity index (χ4n) is 3.58. The number of benzene rings is 2. The lowest BCUT2D eigenvalue weighted by molar-refractivity contribution is -0.271. The lowest BCUT2D eigenvalue weighted by Crippen LogP contribution is -2.61. The molecule has 0 aliphatic carbocycles. The van der Waals surface area contributed by atoms with Crippen molar-refractivity contribution in [3.8, 4) is 34.3 Å². The van der Waals surface area contributed by atoms with E-state index in [-0.39, 0.29) is 34.0 Å². The molecule has 0 spiro atoms. The summed E-state index contributed by atoms with van der Waals surface area (Å²) < 4.78 is 21.2. The number of aliphatic hydroxyl groups is 3. The van der Waals surface area contributed by atoms with Crippen molar-refractivity contribution >= 4 is 16.9 Å². The molecule has 34 heavy (non-hydrogen) atoms. The third-order valence-electron chi connectivity index (χ3n) is 5.31. The molecule has 1 unspecified atom stereocenters. The topological polar surface area (TPSA) is 196 Å². The number of phenols is 2. The van der Waals surface area contributed by atoms with E-state index in [9.17, 15) is 35.1 Å². The molecular weight excluding hydrogens is 456 g/mol. The maximum absolute atomic E-state index is 12.6. The van der Waals surface area contributed by atoms with Gasteiger partial charge in [-0.25, -0.2) is 4.79 Å². The zero-order valence-electron chi connectivity index (χ0n) is 17.5. The van der Waals surface area contributed by atoms with Crippen molar-refractivity contribution in [3.63, 3.8) is 0 Å². The van der Waals surface area contributed by atoms with Crippen LogP contribution in [0, 0.1) is 0 Å². The first-order chi connectivity index (χ1) is 16.1. The molecule has 1 aliphatic heterocycles. The van der Waals surface area contributed by atoms with E-state index in [4.69, 9.17) is 23.7 Å². The van der Waals surface area contributed by atoms with Gasteiger partial charge in [0.05, 0.1) is 7.11 Å². The molecule has 3 aromatic rings. The van der Waals surface area contributed by atoms with Crippen molar-refractivity contribution in [1.82, 2.24) is 0 Å². The first-order valence-electron chi connectivity index (χ1n) is 9.88. The number of rotatable bonds is 5. The number of aromatic hydroxyl groups is 2. The Morgan fingerprint density at radius 1 is 0.971 bits per heavy atom. The largest absolute Gasteiger partial charge is 0.507 e. The Balaban J connectivity index is 1.72. The van der Waals surface area contributed by atoms with Crippen LogP contribution in [0.4, 0.5) is 0 Å². The predicted molar refractivity (Wildman–Crippen MR) is 113 cm³/mol. The summed E-state index contributed by atoms with van der Waals surface area (Å²) >= 11 is 0. The monoisotopic (exact) mass is 476 g/mol. The minimum atomic E-state index is -1.90. The van der Waals surface area contributed by atoms with Crippen LogP contribution >= 0.6 is 0 Å². The molecule has 2 heterocycles. The molecule has 6 N–H and O–H groups in total. The van der Waals surface area contributed by atoms with Gasteiger partial charge in [-0.1, -0.05) is 0 Å². The number of carboxylic acid groups (broad SMARTS) is 1. The van der Waals surface area contributed by atoms with E-state index in [1.54, 1.807) is 0 Å². The van der Waals surface area contributed by atoms with Gasteiger partial charge in [0.25, 0.3) is 0 Å². The molecule has 0 radical (unpaired) electrons. The summed E-state index contributed by atoms with van der Waals surface area (Å²) in [5.74, 6) is -2.26. The average molecular weight is 476 g/mol. The summed E-state index contributed by atoms with van der Waals surface area (Å²) in [6, 6.07) is 7.63. The van der Waals surface area contributed by atoms with Gasteiger partial charge < -0.3 is 49.3 Å². The van der Waals surface area contributed by atoms with E-state index < -0.39 is 47.9 Å². The molecule has 1 aromatic heterocycles. The molecule has 0 bridgehead atoms. The molecular formula is C22H20O12.